The molecule has 0 fully saturated rings. The maximum atomic E-state index is 9.83. The fraction of sp³-hybridized carbons (Fsp3) is 0. The maximum Gasteiger partial charge on any atom is 0.283 e. The van der Waals surface area contributed by atoms with Crippen molar-refractivity contribution in [3.05, 3.63) is 0 Å². The van der Waals surface area contributed by atoms with Gasteiger partial charge >= 0.3 is 0 Å². The van der Waals surface area contributed by atoms with Crippen LogP contribution in [-0.4, -0.2) is 9.56 Å². The van der Waals surface area contributed by atoms with E-state index in [1.165, 1.54) is 0 Å². The highest BCUT2D eigenvalue weighted by atomic mass is 32.2. The molecule has 0 aromatic heterocycles. The van der Waals surface area contributed by atoms with Crippen molar-refractivity contribution < 1.29 is 4.79 Å². The zero-order chi connectivity index (χ0) is 5.86. The van der Waals surface area contributed by atoms with Crippen molar-refractivity contribution in [1.82, 2.24) is 0 Å². The number of carbonyl (C=O) groups excluding carboxylic acids is 1. The SMILES string of the molecule is NC(=O)SC(N)=S. The highest BCUT2D eigenvalue weighted by Crippen LogP contribution is 1.96. The molecular weight excluding hydrogens is 132 g/mol. The molecule has 40 valence electrons. The number of primary amides is 1. The third-order valence-electron chi connectivity index (χ3n) is 0.201. The number of hydrogen-bond acceptors (Lipinski definition) is 3. The van der Waals surface area contributed by atoms with Crippen LogP contribution < -0.4 is 11.5 Å². The molecule has 0 aliphatic heterocycles. The molecule has 0 radical (unpaired) electrons. The highest BCUT2D eigenvalue weighted by molar-refractivity contribution is 8.32. The lowest BCUT2D eigenvalue weighted by Crippen LogP contribution is -2.11. The van der Waals surface area contributed by atoms with E-state index in [1.807, 2.05) is 0 Å². The Balaban J connectivity index is 3.32. The van der Waals surface area contributed by atoms with E-state index in [0.29, 0.717) is 11.8 Å². The molecule has 0 saturated heterocycles. The van der Waals surface area contributed by atoms with Crippen LogP contribution in [0.1, 0.15) is 0 Å². The summed E-state index contributed by atoms with van der Waals surface area (Å²) in [6.07, 6.45) is 0. The standard InChI is InChI=1S/C2H4N2OS2/c3-1(5)7-2(4)6/h(H2,3,5)(H2,4,6). The predicted octanol–water partition coefficient (Wildman–Crippen LogP) is 0.0419. The Bertz CT molecular complexity index is 89.9. The molecule has 5 heteroatoms. The highest BCUT2D eigenvalue weighted by Gasteiger charge is 1.93. The summed E-state index contributed by atoms with van der Waals surface area (Å²) >= 11 is 4.97. The molecular formula is C2H4N2OS2. The molecule has 0 unspecified atom stereocenters. The number of thioether (sulfide) groups is 1. The first-order valence-electron chi connectivity index (χ1n) is 1.39. The number of carbonyl (C=O) groups is 1. The van der Waals surface area contributed by atoms with Gasteiger partial charge in [0.2, 0.25) is 0 Å². The molecule has 0 saturated carbocycles. The van der Waals surface area contributed by atoms with Crippen molar-refractivity contribution in [2.75, 3.05) is 0 Å². The number of thiocarbonyl (C=S) groups is 1. The predicted molar refractivity (Wildman–Crippen MR) is 34.0 cm³/mol. The van der Waals surface area contributed by atoms with Gasteiger partial charge in [-0.15, -0.1) is 0 Å². The third kappa shape index (κ3) is 5.71. The number of hydrogen-bond donors (Lipinski definition) is 2. The quantitative estimate of drug-likeness (QED) is 0.461. The average molecular weight is 136 g/mol. The van der Waals surface area contributed by atoms with Gasteiger partial charge in [-0.2, -0.15) is 0 Å². The molecule has 0 aromatic carbocycles. The van der Waals surface area contributed by atoms with E-state index in [0.717, 1.165) is 0 Å². The molecule has 1 amide bonds. The second-order valence-electron chi connectivity index (χ2n) is 0.740. The summed E-state index contributed by atoms with van der Waals surface area (Å²) < 4.78 is 0.0625. The fourth-order valence-electron chi connectivity index (χ4n) is 0.0991. The van der Waals surface area contributed by atoms with Crippen LogP contribution in [0.15, 0.2) is 0 Å². The Labute approximate surface area is 50.4 Å². The van der Waals surface area contributed by atoms with Gasteiger partial charge in [-0.3, -0.25) is 4.79 Å². The third-order valence-corrected chi connectivity index (χ3v) is 0.854. The zero-order valence-electron chi connectivity index (χ0n) is 3.38. The second kappa shape index (κ2) is 2.81. The van der Waals surface area contributed by atoms with E-state index in [9.17, 15) is 4.79 Å². The largest absolute Gasteiger partial charge is 0.384 e. The van der Waals surface area contributed by atoms with E-state index >= 15 is 0 Å². The van der Waals surface area contributed by atoms with Crippen molar-refractivity contribution in [2.24, 2.45) is 11.5 Å². The van der Waals surface area contributed by atoms with Gasteiger partial charge in [0, 0.05) is 11.8 Å². The average Bonchev–Trinajstić information content (AvgIpc) is 1.27. The number of amides is 1. The lowest BCUT2D eigenvalue weighted by molar-refractivity contribution is 0.267. The van der Waals surface area contributed by atoms with Crippen molar-refractivity contribution in [3.63, 3.8) is 0 Å². The monoisotopic (exact) mass is 136 g/mol. The van der Waals surface area contributed by atoms with E-state index in [2.05, 4.69) is 18.0 Å². The summed E-state index contributed by atoms with van der Waals surface area (Å²) in [7, 11) is 0. The molecule has 0 atom stereocenters. The van der Waals surface area contributed by atoms with Crippen molar-refractivity contribution >= 4 is 33.5 Å². The first-order chi connectivity index (χ1) is 3.13. The minimum atomic E-state index is -0.562. The van der Waals surface area contributed by atoms with Gasteiger partial charge in [0.05, 0.1) is 0 Å². The van der Waals surface area contributed by atoms with Gasteiger partial charge in [0.15, 0.2) is 0 Å². The first kappa shape index (κ1) is 6.71. The lowest BCUT2D eigenvalue weighted by Gasteiger charge is -1.85. The van der Waals surface area contributed by atoms with E-state index in [4.69, 9.17) is 5.73 Å². The molecule has 4 N–H and O–H groups in total. The Morgan fingerprint density at radius 1 is 1.57 bits per heavy atom. The molecule has 3 nitrogen and oxygen atoms in total. The molecule has 0 spiro atoms. The minimum absolute atomic E-state index is 0.0625. The molecule has 0 rings (SSSR count). The topological polar surface area (TPSA) is 69.1 Å². The van der Waals surface area contributed by atoms with E-state index < -0.39 is 5.24 Å². The Kier molecular flexibility index (Phi) is 2.70. The second-order valence-corrected chi connectivity index (χ2v) is 2.48. The number of rotatable bonds is 0. The van der Waals surface area contributed by atoms with Crippen molar-refractivity contribution in [1.29, 1.82) is 0 Å². The van der Waals surface area contributed by atoms with Gasteiger partial charge in [0.25, 0.3) is 5.24 Å². The Morgan fingerprint density at radius 2 is 2.00 bits per heavy atom. The summed E-state index contributed by atoms with van der Waals surface area (Å²) in [5, 5.41) is -0.562. The fourth-order valence-corrected chi connectivity index (χ4v) is 0.544. The summed E-state index contributed by atoms with van der Waals surface area (Å²) in [6.45, 7) is 0. The smallest absolute Gasteiger partial charge is 0.283 e. The molecule has 7 heavy (non-hydrogen) atoms. The van der Waals surface area contributed by atoms with Gasteiger partial charge in [-0.1, -0.05) is 12.2 Å². The van der Waals surface area contributed by atoms with Crippen LogP contribution in [0.2, 0.25) is 0 Å². The lowest BCUT2D eigenvalue weighted by atomic mass is 11.4. The molecule has 0 bridgehead atoms. The van der Waals surface area contributed by atoms with Gasteiger partial charge in [-0.25, -0.2) is 0 Å². The first-order valence-corrected chi connectivity index (χ1v) is 2.62. The van der Waals surface area contributed by atoms with Crippen LogP contribution in [0, 0.1) is 0 Å². The van der Waals surface area contributed by atoms with Crippen molar-refractivity contribution in [3.8, 4) is 0 Å². The molecule has 0 heterocycles. The maximum absolute atomic E-state index is 9.83. The normalized spacial score (nSPS) is 8.00. The summed E-state index contributed by atoms with van der Waals surface area (Å²) in [6, 6.07) is 0. The summed E-state index contributed by atoms with van der Waals surface area (Å²) in [5.74, 6) is 0. The zero-order valence-corrected chi connectivity index (χ0v) is 5.01. The van der Waals surface area contributed by atoms with Crippen LogP contribution in [0.4, 0.5) is 4.79 Å². The van der Waals surface area contributed by atoms with Crippen molar-refractivity contribution in [2.45, 2.75) is 0 Å². The van der Waals surface area contributed by atoms with E-state index in [1.54, 1.807) is 0 Å². The van der Waals surface area contributed by atoms with Crippen LogP contribution in [-0.2, 0) is 0 Å². The minimum Gasteiger partial charge on any atom is -0.384 e. The van der Waals surface area contributed by atoms with Crippen LogP contribution >= 0.6 is 24.0 Å². The Morgan fingerprint density at radius 3 is 2.00 bits per heavy atom. The van der Waals surface area contributed by atoms with Gasteiger partial charge in [-0.05, 0) is 0 Å². The number of nitrogens with two attached hydrogens (primary N) is 2. The van der Waals surface area contributed by atoms with Gasteiger partial charge in [0.1, 0.15) is 4.32 Å². The molecule has 0 aliphatic rings. The molecule has 0 aliphatic carbocycles. The summed E-state index contributed by atoms with van der Waals surface area (Å²) in [5.41, 5.74) is 9.54. The van der Waals surface area contributed by atoms with Crippen LogP contribution in [0.25, 0.3) is 0 Å². The van der Waals surface area contributed by atoms with E-state index in [-0.39, 0.29) is 4.32 Å². The van der Waals surface area contributed by atoms with Gasteiger partial charge < -0.3 is 11.5 Å². The molecule has 0 aromatic rings. The van der Waals surface area contributed by atoms with Crippen LogP contribution in [0.3, 0.4) is 0 Å². The van der Waals surface area contributed by atoms with Crippen LogP contribution in [0.5, 0.6) is 0 Å². The Hall–Kier alpha value is -0.290. The summed E-state index contributed by atoms with van der Waals surface area (Å²) in [4.78, 5) is 9.83.